The number of anilines is 2. The summed E-state index contributed by atoms with van der Waals surface area (Å²) in [5.41, 5.74) is 9.58. The second-order valence-corrected chi connectivity index (χ2v) is 9.40. The highest BCUT2D eigenvalue weighted by Gasteiger charge is 2.21. The molecule has 0 unspecified atom stereocenters. The molecule has 0 aliphatic heterocycles. The Hall–Kier alpha value is -2.69. The van der Waals surface area contributed by atoms with Gasteiger partial charge in [0.25, 0.3) is 0 Å². The molecule has 160 valence electrons. The molecule has 6 N–H and O–H groups in total. The first-order chi connectivity index (χ1) is 14.3. The number of imidazole rings is 1. The highest BCUT2D eigenvalue weighted by molar-refractivity contribution is 7.89. The van der Waals surface area contributed by atoms with Crippen LogP contribution in [0.1, 0.15) is 36.8 Å². The maximum Gasteiger partial charge on any atom is 0.238 e. The number of fused-ring (bicyclic) bond motifs is 1. The van der Waals surface area contributed by atoms with Crippen LogP contribution >= 0.6 is 0 Å². The lowest BCUT2D eigenvalue weighted by Crippen LogP contribution is -2.33. The van der Waals surface area contributed by atoms with Crippen LogP contribution in [-0.4, -0.2) is 35.1 Å². The average molecular weight is 430 g/mol. The zero-order valence-corrected chi connectivity index (χ0v) is 17.7. The van der Waals surface area contributed by atoms with E-state index >= 15 is 0 Å². The van der Waals surface area contributed by atoms with Crippen molar-refractivity contribution in [3.63, 3.8) is 0 Å². The predicted octanol–water partition coefficient (Wildman–Crippen LogP) is 1.98. The van der Waals surface area contributed by atoms with Crippen molar-refractivity contribution in [2.75, 3.05) is 10.6 Å². The highest BCUT2D eigenvalue weighted by atomic mass is 32.2. The van der Waals surface area contributed by atoms with Crippen molar-refractivity contribution in [2.45, 2.75) is 56.1 Å². The SMILES string of the molecule is Cc1c(NC2CCC(N)CC2)nn2ccnc2c1NCc1ccc(S(N)(=O)=O)cc1. The fourth-order valence-corrected chi connectivity index (χ4v) is 4.33. The molecule has 0 bridgehead atoms. The number of benzene rings is 1. The van der Waals surface area contributed by atoms with Crippen molar-refractivity contribution in [3.8, 4) is 0 Å². The third-order valence-corrected chi connectivity index (χ3v) is 6.55. The molecule has 30 heavy (non-hydrogen) atoms. The van der Waals surface area contributed by atoms with Crippen molar-refractivity contribution in [1.29, 1.82) is 0 Å². The molecule has 1 aliphatic carbocycles. The van der Waals surface area contributed by atoms with Gasteiger partial charge in [-0.25, -0.2) is 23.1 Å². The number of nitrogens with zero attached hydrogens (tertiary/aromatic N) is 3. The zero-order valence-electron chi connectivity index (χ0n) is 16.9. The monoisotopic (exact) mass is 429 g/mol. The molecule has 9 nitrogen and oxygen atoms in total. The minimum Gasteiger partial charge on any atom is -0.378 e. The number of rotatable bonds is 6. The molecule has 0 amide bonds. The van der Waals surface area contributed by atoms with Crippen LogP contribution in [0.25, 0.3) is 5.65 Å². The van der Waals surface area contributed by atoms with E-state index in [0.29, 0.717) is 18.6 Å². The Morgan fingerprint density at radius 3 is 2.53 bits per heavy atom. The molecule has 4 rings (SSSR count). The van der Waals surface area contributed by atoms with Crippen molar-refractivity contribution < 1.29 is 8.42 Å². The van der Waals surface area contributed by atoms with Gasteiger partial charge in [0, 0.05) is 36.6 Å². The van der Waals surface area contributed by atoms with Crippen molar-refractivity contribution in [1.82, 2.24) is 14.6 Å². The summed E-state index contributed by atoms with van der Waals surface area (Å²) in [6, 6.07) is 7.17. The summed E-state index contributed by atoms with van der Waals surface area (Å²) in [6.45, 7) is 2.53. The average Bonchev–Trinajstić information content (AvgIpc) is 3.17. The maximum absolute atomic E-state index is 11.4. The smallest absolute Gasteiger partial charge is 0.238 e. The lowest BCUT2D eigenvalue weighted by molar-refractivity contribution is 0.410. The minimum absolute atomic E-state index is 0.0978. The van der Waals surface area contributed by atoms with E-state index in [1.54, 1.807) is 22.8 Å². The number of hydrogen-bond donors (Lipinski definition) is 4. The van der Waals surface area contributed by atoms with Gasteiger partial charge in [-0.1, -0.05) is 12.1 Å². The molecule has 0 radical (unpaired) electrons. The highest BCUT2D eigenvalue weighted by Crippen LogP contribution is 2.28. The first-order valence-electron chi connectivity index (χ1n) is 10.0. The Kier molecular flexibility index (Phi) is 5.63. The summed E-state index contributed by atoms with van der Waals surface area (Å²) in [4.78, 5) is 4.53. The lowest BCUT2D eigenvalue weighted by Gasteiger charge is -2.28. The van der Waals surface area contributed by atoms with Crippen LogP contribution in [0.5, 0.6) is 0 Å². The summed E-state index contributed by atoms with van der Waals surface area (Å²) < 4.78 is 24.6. The van der Waals surface area contributed by atoms with Gasteiger partial charge in [-0.15, -0.1) is 5.10 Å². The van der Waals surface area contributed by atoms with Gasteiger partial charge in [-0.3, -0.25) is 0 Å². The third-order valence-electron chi connectivity index (χ3n) is 5.62. The predicted molar refractivity (Wildman–Crippen MR) is 117 cm³/mol. The number of primary sulfonamides is 1. The van der Waals surface area contributed by atoms with Crippen LogP contribution in [0.4, 0.5) is 11.5 Å². The Bertz CT molecular complexity index is 1130. The van der Waals surface area contributed by atoms with E-state index < -0.39 is 10.0 Å². The van der Waals surface area contributed by atoms with Crippen LogP contribution in [-0.2, 0) is 16.6 Å². The Balaban J connectivity index is 1.55. The van der Waals surface area contributed by atoms with E-state index in [1.807, 2.05) is 13.1 Å². The van der Waals surface area contributed by atoms with E-state index in [9.17, 15) is 8.42 Å². The fraction of sp³-hybridized carbons (Fsp3) is 0.400. The van der Waals surface area contributed by atoms with Crippen molar-refractivity contribution in [2.24, 2.45) is 10.9 Å². The Morgan fingerprint density at radius 1 is 1.17 bits per heavy atom. The molecule has 0 spiro atoms. The van der Waals surface area contributed by atoms with E-state index in [2.05, 4.69) is 15.6 Å². The summed E-state index contributed by atoms with van der Waals surface area (Å²) in [5, 5.41) is 16.9. The quantitative estimate of drug-likeness (QED) is 0.469. The van der Waals surface area contributed by atoms with Crippen LogP contribution in [0.15, 0.2) is 41.6 Å². The first kappa shape index (κ1) is 20.6. The molecule has 3 aromatic rings. The molecule has 0 saturated heterocycles. The number of aromatic nitrogens is 3. The summed E-state index contributed by atoms with van der Waals surface area (Å²) in [5.74, 6) is 0.827. The summed E-state index contributed by atoms with van der Waals surface area (Å²) >= 11 is 0. The second-order valence-electron chi connectivity index (χ2n) is 7.84. The molecule has 1 aromatic carbocycles. The molecule has 1 saturated carbocycles. The molecule has 2 heterocycles. The number of hydrogen-bond acceptors (Lipinski definition) is 7. The van der Waals surface area contributed by atoms with E-state index in [4.69, 9.17) is 16.0 Å². The fourth-order valence-electron chi connectivity index (χ4n) is 3.82. The Morgan fingerprint density at radius 2 is 1.87 bits per heavy atom. The molecule has 0 atom stereocenters. The largest absolute Gasteiger partial charge is 0.378 e. The van der Waals surface area contributed by atoms with Crippen molar-refractivity contribution in [3.05, 3.63) is 47.8 Å². The van der Waals surface area contributed by atoms with Gasteiger partial charge in [0.1, 0.15) is 0 Å². The third kappa shape index (κ3) is 4.40. The molecule has 1 fully saturated rings. The minimum atomic E-state index is -3.70. The van der Waals surface area contributed by atoms with Gasteiger partial charge in [-0.2, -0.15) is 0 Å². The molecular formula is C20H27N7O2S. The zero-order chi connectivity index (χ0) is 21.3. The van der Waals surface area contributed by atoms with E-state index in [-0.39, 0.29) is 4.90 Å². The molecular weight excluding hydrogens is 402 g/mol. The number of nitrogens with two attached hydrogens (primary N) is 2. The Labute approximate surface area is 175 Å². The van der Waals surface area contributed by atoms with Gasteiger partial charge < -0.3 is 16.4 Å². The first-order valence-corrected chi connectivity index (χ1v) is 11.6. The van der Waals surface area contributed by atoms with Gasteiger partial charge in [-0.05, 0) is 50.3 Å². The maximum atomic E-state index is 11.4. The topological polar surface area (TPSA) is 140 Å². The van der Waals surface area contributed by atoms with Crippen molar-refractivity contribution >= 4 is 27.2 Å². The number of sulfonamides is 1. The van der Waals surface area contributed by atoms with Gasteiger partial charge >= 0.3 is 0 Å². The van der Waals surface area contributed by atoms with E-state index in [1.165, 1.54) is 12.1 Å². The molecule has 1 aliphatic rings. The van der Waals surface area contributed by atoms with Crippen LogP contribution < -0.4 is 21.5 Å². The van der Waals surface area contributed by atoms with E-state index in [0.717, 1.165) is 54.0 Å². The summed E-state index contributed by atoms with van der Waals surface area (Å²) in [6.07, 6.45) is 7.64. The van der Waals surface area contributed by atoms with Gasteiger partial charge in [0.15, 0.2) is 11.5 Å². The van der Waals surface area contributed by atoms with Crippen LogP contribution in [0.3, 0.4) is 0 Å². The summed E-state index contributed by atoms with van der Waals surface area (Å²) in [7, 11) is -3.70. The van der Waals surface area contributed by atoms with Crippen LogP contribution in [0, 0.1) is 6.92 Å². The van der Waals surface area contributed by atoms with Crippen LogP contribution in [0.2, 0.25) is 0 Å². The molecule has 10 heteroatoms. The van der Waals surface area contributed by atoms with Gasteiger partial charge in [0.05, 0.1) is 10.6 Å². The second kappa shape index (κ2) is 8.21. The standard InChI is InChI=1S/C20H27N7O2S/c1-13-18(24-12-14-2-8-17(9-3-14)30(22,28)29)20-23-10-11-27(20)26-19(13)25-16-6-4-15(21)5-7-16/h2-3,8-11,15-16,24H,4-7,12,21H2,1H3,(H,25,26)(H2,22,28,29). The number of nitrogens with one attached hydrogen (secondary N) is 2. The normalized spacial score (nSPS) is 19.7. The molecule has 2 aromatic heterocycles. The lowest BCUT2D eigenvalue weighted by atomic mass is 9.92. The van der Waals surface area contributed by atoms with Gasteiger partial charge in [0.2, 0.25) is 10.0 Å².